The van der Waals surface area contributed by atoms with E-state index < -0.39 is 11.6 Å². The molecule has 0 saturated heterocycles. The molecule has 0 atom stereocenters. The Labute approximate surface area is 196 Å². The molecule has 0 radical (unpaired) electrons. The smallest absolute Gasteiger partial charge is 0.377 e. The van der Waals surface area contributed by atoms with Gasteiger partial charge in [-0.3, -0.25) is 0 Å². The second kappa shape index (κ2) is 9.30. The number of ether oxygens (including phenoxy) is 2. The van der Waals surface area contributed by atoms with Crippen molar-refractivity contribution >= 4 is 35.2 Å². The number of hydrogen-bond acceptors (Lipinski definition) is 7. The minimum atomic E-state index is -1.20. The van der Waals surface area contributed by atoms with E-state index in [1.807, 2.05) is 19.1 Å². The monoisotopic (exact) mass is 465 g/mol. The number of carbonyl (C=O) groups excluding carboxylic acids is 1. The van der Waals surface area contributed by atoms with Crippen molar-refractivity contribution in [3.8, 4) is 11.5 Å². The summed E-state index contributed by atoms with van der Waals surface area (Å²) in [6.07, 6.45) is 0. The van der Waals surface area contributed by atoms with E-state index in [1.54, 1.807) is 68.7 Å². The van der Waals surface area contributed by atoms with Gasteiger partial charge in [-0.1, -0.05) is 46.9 Å². The molecule has 4 rings (SSSR count). The average Bonchev–Trinajstić information content (AvgIpc) is 2.80. The summed E-state index contributed by atoms with van der Waals surface area (Å²) in [6.45, 7) is 5.12. The van der Waals surface area contributed by atoms with Crippen LogP contribution in [0, 0.1) is 0 Å². The van der Waals surface area contributed by atoms with Gasteiger partial charge in [0.25, 0.3) is 0 Å². The van der Waals surface area contributed by atoms with E-state index in [1.165, 1.54) is 14.7 Å². The first-order valence-electron chi connectivity index (χ1n) is 10.0. The first-order chi connectivity index (χ1) is 15.4. The van der Waals surface area contributed by atoms with Crippen LogP contribution in [0.25, 0.3) is 0 Å². The van der Waals surface area contributed by atoms with Gasteiger partial charge in [0.05, 0.1) is 12.8 Å². The molecule has 0 bridgehead atoms. The van der Waals surface area contributed by atoms with Crippen molar-refractivity contribution in [2.45, 2.75) is 46.0 Å². The molecular weight excluding hydrogens is 442 g/mol. The highest BCUT2D eigenvalue weighted by Crippen LogP contribution is 2.48. The maximum atomic E-state index is 12.6. The van der Waals surface area contributed by atoms with Crippen LogP contribution in [0.5, 0.6) is 11.5 Å². The zero-order valence-corrected chi connectivity index (χ0v) is 19.9. The van der Waals surface area contributed by atoms with Gasteiger partial charge < -0.3 is 14.3 Å². The Morgan fingerprint density at radius 2 is 1.44 bits per heavy atom. The number of rotatable bonds is 6. The van der Waals surface area contributed by atoms with Crippen LogP contribution in [-0.2, 0) is 9.63 Å². The van der Waals surface area contributed by atoms with Crippen LogP contribution in [0.15, 0.2) is 91.5 Å². The molecule has 1 heterocycles. The number of fused-ring (bicyclic) bond motifs is 2. The van der Waals surface area contributed by atoms with Crippen molar-refractivity contribution in [3.63, 3.8) is 0 Å². The highest BCUT2D eigenvalue weighted by molar-refractivity contribution is 8.05. The molecule has 0 saturated carbocycles. The van der Waals surface area contributed by atoms with Crippen LogP contribution < -0.4 is 9.47 Å². The third kappa shape index (κ3) is 4.95. The van der Waals surface area contributed by atoms with Gasteiger partial charge in [0.15, 0.2) is 0 Å². The lowest BCUT2D eigenvalue weighted by Crippen LogP contribution is -2.39. The number of benzene rings is 3. The Balaban J connectivity index is 1.43. The number of methoxy groups -OCH3 is 1. The molecular formula is C25H23NO4S2. The van der Waals surface area contributed by atoms with Gasteiger partial charge in [0.1, 0.15) is 11.5 Å². The van der Waals surface area contributed by atoms with Gasteiger partial charge in [-0.05, 0) is 69.3 Å². The zero-order valence-electron chi connectivity index (χ0n) is 18.2. The largest absolute Gasteiger partial charge is 0.497 e. The SMILES string of the molecule is COc1ccc(OC(C)(C)C(=O)O/N=C(\C)c2ccc3c(c2)Sc2ccccc2S3)cc1. The summed E-state index contributed by atoms with van der Waals surface area (Å²) in [6, 6.07) is 21.5. The van der Waals surface area contributed by atoms with Crippen molar-refractivity contribution in [2.75, 3.05) is 7.11 Å². The molecule has 5 nitrogen and oxygen atoms in total. The van der Waals surface area contributed by atoms with E-state index in [0.717, 1.165) is 10.5 Å². The molecule has 0 spiro atoms. The Morgan fingerprint density at radius 1 is 0.844 bits per heavy atom. The van der Waals surface area contributed by atoms with Crippen LogP contribution in [0.4, 0.5) is 0 Å². The van der Waals surface area contributed by atoms with Crippen LogP contribution in [0.1, 0.15) is 26.3 Å². The van der Waals surface area contributed by atoms with Crippen molar-refractivity contribution < 1.29 is 19.1 Å². The van der Waals surface area contributed by atoms with Gasteiger partial charge in [0.2, 0.25) is 5.60 Å². The Morgan fingerprint density at radius 3 is 2.09 bits per heavy atom. The first-order valence-corrected chi connectivity index (χ1v) is 11.7. The van der Waals surface area contributed by atoms with E-state index in [0.29, 0.717) is 17.2 Å². The highest BCUT2D eigenvalue weighted by Gasteiger charge is 2.32. The summed E-state index contributed by atoms with van der Waals surface area (Å²) in [5.41, 5.74) is 0.313. The Hall–Kier alpha value is -2.90. The molecule has 3 aromatic carbocycles. The number of oxime groups is 1. The molecule has 1 aliphatic rings. The predicted octanol–water partition coefficient (Wildman–Crippen LogP) is 6.44. The van der Waals surface area contributed by atoms with Gasteiger partial charge in [-0.2, -0.15) is 0 Å². The lowest BCUT2D eigenvalue weighted by atomic mass is 10.1. The second-order valence-corrected chi connectivity index (χ2v) is 9.82. The maximum absolute atomic E-state index is 12.6. The zero-order chi connectivity index (χ0) is 22.7. The molecule has 7 heteroatoms. The standard InChI is InChI=1S/C25H23NO4S2/c1-16(17-9-14-22-23(15-17)32-21-8-6-5-7-20(21)31-22)26-30-24(27)25(2,3)29-19-12-10-18(28-4)11-13-19/h5-15H,1-4H3/b26-16+. The van der Waals surface area contributed by atoms with Gasteiger partial charge in [-0.25, -0.2) is 4.79 Å². The van der Waals surface area contributed by atoms with Crippen LogP contribution in [-0.4, -0.2) is 24.4 Å². The highest BCUT2D eigenvalue weighted by atomic mass is 32.2. The minimum Gasteiger partial charge on any atom is -0.497 e. The molecule has 0 amide bonds. The third-order valence-corrected chi connectivity index (χ3v) is 7.38. The molecule has 0 aliphatic carbocycles. The minimum absolute atomic E-state index is 0.540. The fraction of sp³-hybridized carbons (Fsp3) is 0.200. The molecule has 164 valence electrons. The molecule has 0 fully saturated rings. The quantitative estimate of drug-likeness (QED) is 0.186. The summed E-state index contributed by atoms with van der Waals surface area (Å²) in [7, 11) is 1.59. The van der Waals surface area contributed by atoms with Gasteiger partial charge >= 0.3 is 5.97 Å². The molecule has 3 aromatic rings. The van der Waals surface area contributed by atoms with Crippen molar-refractivity contribution in [1.82, 2.24) is 0 Å². The summed E-state index contributed by atoms with van der Waals surface area (Å²) >= 11 is 3.49. The van der Waals surface area contributed by atoms with E-state index in [4.69, 9.17) is 14.3 Å². The summed E-state index contributed by atoms with van der Waals surface area (Å²) in [5.74, 6) is 0.672. The van der Waals surface area contributed by atoms with E-state index in [9.17, 15) is 4.79 Å². The number of nitrogens with zero attached hydrogens (tertiary/aromatic N) is 1. The molecule has 32 heavy (non-hydrogen) atoms. The molecule has 0 aromatic heterocycles. The molecule has 0 N–H and O–H groups in total. The number of hydrogen-bond donors (Lipinski definition) is 0. The third-order valence-electron chi connectivity index (χ3n) is 4.84. The molecule has 1 aliphatic heterocycles. The topological polar surface area (TPSA) is 57.1 Å². The summed E-state index contributed by atoms with van der Waals surface area (Å²) in [4.78, 5) is 22.7. The van der Waals surface area contributed by atoms with Crippen molar-refractivity contribution in [3.05, 3.63) is 72.3 Å². The summed E-state index contributed by atoms with van der Waals surface area (Å²) in [5, 5.41) is 4.07. The normalized spacial score (nSPS) is 13.1. The van der Waals surface area contributed by atoms with E-state index in [2.05, 4.69) is 35.5 Å². The Bertz CT molecular complexity index is 1170. The first kappa shape index (κ1) is 22.3. The van der Waals surface area contributed by atoms with E-state index >= 15 is 0 Å². The van der Waals surface area contributed by atoms with Crippen molar-refractivity contribution in [1.29, 1.82) is 0 Å². The fourth-order valence-corrected chi connectivity index (χ4v) is 5.26. The second-order valence-electron chi connectivity index (χ2n) is 7.66. The maximum Gasteiger partial charge on any atom is 0.377 e. The van der Waals surface area contributed by atoms with Crippen LogP contribution in [0.3, 0.4) is 0 Å². The predicted molar refractivity (Wildman–Crippen MR) is 127 cm³/mol. The number of carbonyl (C=O) groups is 1. The van der Waals surface area contributed by atoms with Crippen molar-refractivity contribution in [2.24, 2.45) is 5.16 Å². The average molecular weight is 466 g/mol. The van der Waals surface area contributed by atoms with E-state index in [-0.39, 0.29) is 0 Å². The molecule has 0 unspecified atom stereocenters. The van der Waals surface area contributed by atoms with Gasteiger partial charge in [-0.15, -0.1) is 0 Å². The lowest BCUT2D eigenvalue weighted by Gasteiger charge is -2.23. The van der Waals surface area contributed by atoms with Gasteiger partial charge in [0, 0.05) is 25.1 Å². The lowest BCUT2D eigenvalue weighted by molar-refractivity contribution is -0.159. The summed E-state index contributed by atoms with van der Waals surface area (Å²) < 4.78 is 10.9. The Kier molecular flexibility index (Phi) is 6.48. The fourth-order valence-electron chi connectivity index (χ4n) is 3.01. The van der Waals surface area contributed by atoms with Crippen LogP contribution in [0.2, 0.25) is 0 Å². The van der Waals surface area contributed by atoms with Crippen LogP contribution >= 0.6 is 23.5 Å².